The summed E-state index contributed by atoms with van der Waals surface area (Å²) in [4.78, 5) is 0. The Morgan fingerprint density at radius 2 is 2.11 bits per heavy atom. The first kappa shape index (κ1) is 12.0. The van der Waals surface area contributed by atoms with Gasteiger partial charge in [-0.05, 0) is 18.1 Å². The summed E-state index contributed by atoms with van der Waals surface area (Å²) in [7, 11) is 1.67. The second kappa shape index (κ2) is 4.88. The molecule has 0 aliphatic carbocycles. The zero-order valence-corrected chi connectivity index (χ0v) is 10.5. The van der Waals surface area contributed by atoms with Crippen LogP contribution in [0.5, 0.6) is 5.75 Å². The Morgan fingerprint density at radius 3 is 2.78 bits per heavy atom. The van der Waals surface area contributed by atoms with E-state index in [1.54, 1.807) is 7.11 Å². The molecule has 1 aromatic carbocycles. The lowest BCUT2D eigenvalue weighted by atomic mass is 9.93. The van der Waals surface area contributed by atoms with E-state index in [-0.39, 0.29) is 18.3 Å². The summed E-state index contributed by atoms with van der Waals surface area (Å²) in [5.74, 6) is 0.846. The second-order valence-corrected chi connectivity index (χ2v) is 4.82. The molecular weight excluding hydrogens is 232 g/mol. The van der Waals surface area contributed by atoms with Crippen LogP contribution in [0.1, 0.15) is 36.2 Å². The van der Waals surface area contributed by atoms with Crippen molar-refractivity contribution in [3.05, 3.63) is 29.3 Å². The van der Waals surface area contributed by atoms with E-state index in [0.717, 1.165) is 29.9 Å². The van der Waals surface area contributed by atoms with Crippen molar-refractivity contribution in [3.8, 4) is 5.75 Å². The predicted octanol–water partition coefficient (Wildman–Crippen LogP) is 1.98. The average molecular weight is 250 g/mol. The van der Waals surface area contributed by atoms with E-state index >= 15 is 0 Å². The maximum atomic E-state index is 9.77. The number of hydrogen-bond acceptors (Lipinski definition) is 4. The molecule has 2 saturated heterocycles. The van der Waals surface area contributed by atoms with Gasteiger partial charge in [0.1, 0.15) is 11.9 Å². The van der Waals surface area contributed by atoms with E-state index in [1.165, 1.54) is 0 Å². The molecule has 0 spiro atoms. The number of aliphatic hydroxyl groups is 1. The van der Waals surface area contributed by atoms with Gasteiger partial charge in [-0.15, -0.1) is 0 Å². The van der Waals surface area contributed by atoms with Gasteiger partial charge >= 0.3 is 0 Å². The SMILES string of the molecule is COc1cccc(C2CC(O)CCO2)c1C1CO1. The van der Waals surface area contributed by atoms with Crippen molar-refractivity contribution in [2.45, 2.75) is 31.2 Å². The van der Waals surface area contributed by atoms with Crippen LogP contribution in [0.4, 0.5) is 0 Å². The molecule has 4 heteroatoms. The van der Waals surface area contributed by atoms with Crippen LogP contribution >= 0.6 is 0 Å². The van der Waals surface area contributed by atoms with Gasteiger partial charge in [-0.1, -0.05) is 12.1 Å². The van der Waals surface area contributed by atoms with Crippen molar-refractivity contribution in [3.63, 3.8) is 0 Å². The monoisotopic (exact) mass is 250 g/mol. The molecule has 2 heterocycles. The van der Waals surface area contributed by atoms with Gasteiger partial charge in [0, 0.05) is 18.6 Å². The molecule has 2 fully saturated rings. The maximum absolute atomic E-state index is 9.77. The number of rotatable bonds is 3. The number of ether oxygens (including phenoxy) is 3. The van der Waals surface area contributed by atoms with Gasteiger partial charge in [0.05, 0.1) is 25.9 Å². The second-order valence-electron chi connectivity index (χ2n) is 4.82. The molecule has 3 atom stereocenters. The highest BCUT2D eigenvalue weighted by Crippen LogP contribution is 2.43. The summed E-state index contributed by atoms with van der Waals surface area (Å²) < 4.78 is 16.6. The number of benzene rings is 1. The number of aliphatic hydroxyl groups excluding tert-OH is 1. The summed E-state index contributed by atoms with van der Waals surface area (Å²) >= 11 is 0. The van der Waals surface area contributed by atoms with E-state index in [4.69, 9.17) is 14.2 Å². The standard InChI is InChI=1S/C14H18O4/c1-16-11-4-2-3-10(14(11)13-8-18-13)12-7-9(15)5-6-17-12/h2-4,9,12-13,15H,5-8H2,1H3. The highest BCUT2D eigenvalue weighted by molar-refractivity contribution is 5.44. The van der Waals surface area contributed by atoms with Gasteiger partial charge in [0.25, 0.3) is 0 Å². The van der Waals surface area contributed by atoms with Crippen LogP contribution in [0, 0.1) is 0 Å². The van der Waals surface area contributed by atoms with Gasteiger partial charge in [-0.3, -0.25) is 0 Å². The Labute approximate surface area is 106 Å². The van der Waals surface area contributed by atoms with Gasteiger partial charge in [-0.2, -0.15) is 0 Å². The Balaban J connectivity index is 1.94. The predicted molar refractivity (Wildman–Crippen MR) is 65.6 cm³/mol. The van der Waals surface area contributed by atoms with Gasteiger partial charge in [0.15, 0.2) is 0 Å². The Morgan fingerprint density at radius 1 is 1.28 bits per heavy atom. The van der Waals surface area contributed by atoms with E-state index in [9.17, 15) is 5.11 Å². The molecule has 3 rings (SSSR count). The summed E-state index contributed by atoms with van der Waals surface area (Å²) in [6.45, 7) is 1.34. The molecular formula is C14H18O4. The number of epoxide rings is 1. The van der Waals surface area contributed by atoms with E-state index in [2.05, 4.69) is 0 Å². The zero-order chi connectivity index (χ0) is 12.5. The Hall–Kier alpha value is -1.10. The molecule has 0 saturated carbocycles. The molecule has 0 radical (unpaired) electrons. The zero-order valence-electron chi connectivity index (χ0n) is 10.5. The topological polar surface area (TPSA) is 51.2 Å². The van der Waals surface area contributed by atoms with Crippen LogP contribution in [0.15, 0.2) is 18.2 Å². The van der Waals surface area contributed by atoms with Crippen molar-refractivity contribution < 1.29 is 19.3 Å². The minimum Gasteiger partial charge on any atom is -0.496 e. The normalized spacial score (nSPS) is 31.1. The van der Waals surface area contributed by atoms with Gasteiger partial charge < -0.3 is 19.3 Å². The quantitative estimate of drug-likeness (QED) is 0.833. The summed E-state index contributed by atoms with van der Waals surface area (Å²) in [6, 6.07) is 5.95. The summed E-state index contributed by atoms with van der Waals surface area (Å²) in [6.07, 6.45) is 1.16. The van der Waals surface area contributed by atoms with E-state index < -0.39 is 0 Å². The first-order valence-corrected chi connectivity index (χ1v) is 6.37. The Kier molecular flexibility index (Phi) is 3.24. The summed E-state index contributed by atoms with van der Waals surface area (Å²) in [5.41, 5.74) is 2.18. The van der Waals surface area contributed by atoms with Crippen molar-refractivity contribution in [2.24, 2.45) is 0 Å². The largest absolute Gasteiger partial charge is 0.496 e. The molecule has 0 amide bonds. The fourth-order valence-corrected chi connectivity index (χ4v) is 2.58. The first-order valence-electron chi connectivity index (χ1n) is 6.37. The van der Waals surface area contributed by atoms with Crippen molar-refractivity contribution >= 4 is 0 Å². The first-order chi connectivity index (χ1) is 8.79. The molecule has 4 nitrogen and oxygen atoms in total. The van der Waals surface area contributed by atoms with E-state index in [0.29, 0.717) is 13.0 Å². The highest BCUT2D eigenvalue weighted by Gasteiger charge is 2.34. The van der Waals surface area contributed by atoms with Gasteiger partial charge in [-0.25, -0.2) is 0 Å². The molecule has 18 heavy (non-hydrogen) atoms. The van der Waals surface area contributed by atoms with Crippen LogP contribution in [0.25, 0.3) is 0 Å². The summed E-state index contributed by atoms with van der Waals surface area (Å²) in [5, 5.41) is 9.77. The molecule has 2 aliphatic heterocycles. The average Bonchev–Trinajstić information content (AvgIpc) is 3.22. The van der Waals surface area contributed by atoms with Crippen LogP contribution in [-0.4, -0.2) is 31.5 Å². The molecule has 1 aromatic rings. The van der Waals surface area contributed by atoms with Gasteiger partial charge in [0.2, 0.25) is 0 Å². The Bertz CT molecular complexity index is 428. The van der Waals surface area contributed by atoms with Crippen molar-refractivity contribution in [1.29, 1.82) is 0 Å². The van der Waals surface area contributed by atoms with Crippen molar-refractivity contribution in [1.82, 2.24) is 0 Å². The highest BCUT2D eigenvalue weighted by atomic mass is 16.6. The van der Waals surface area contributed by atoms with Crippen LogP contribution in [0.3, 0.4) is 0 Å². The fourth-order valence-electron chi connectivity index (χ4n) is 2.58. The third-order valence-corrected chi connectivity index (χ3v) is 3.58. The minimum atomic E-state index is -0.275. The molecule has 3 unspecified atom stereocenters. The smallest absolute Gasteiger partial charge is 0.125 e. The molecule has 0 bridgehead atoms. The lowest BCUT2D eigenvalue weighted by Crippen LogP contribution is -2.24. The molecule has 2 aliphatic rings. The molecule has 98 valence electrons. The third kappa shape index (κ3) is 2.23. The third-order valence-electron chi connectivity index (χ3n) is 3.58. The lowest BCUT2D eigenvalue weighted by molar-refractivity contribution is -0.0453. The molecule has 1 N–H and O–H groups in total. The maximum Gasteiger partial charge on any atom is 0.125 e. The van der Waals surface area contributed by atoms with Crippen LogP contribution in [-0.2, 0) is 9.47 Å². The number of methoxy groups -OCH3 is 1. The van der Waals surface area contributed by atoms with Crippen LogP contribution < -0.4 is 4.74 Å². The van der Waals surface area contributed by atoms with Crippen LogP contribution in [0.2, 0.25) is 0 Å². The molecule has 0 aromatic heterocycles. The number of hydrogen-bond donors (Lipinski definition) is 1. The van der Waals surface area contributed by atoms with Crippen molar-refractivity contribution in [2.75, 3.05) is 20.3 Å². The fraction of sp³-hybridized carbons (Fsp3) is 0.571. The lowest BCUT2D eigenvalue weighted by Gasteiger charge is -2.28. The minimum absolute atomic E-state index is 0.0527. The van der Waals surface area contributed by atoms with E-state index in [1.807, 2.05) is 18.2 Å².